The van der Waals surface area contributed by atoms with Crippen molar-refractivity contribution in [2.24, 2.45) is 10.2 Å². The fourth-order valence-corrected chi connectivity index (χ4v) is 2.37. The van der Waals surface area contributed by atoms with E-state index in [1.165, 1.54) is 36.4 Å². The summed E-state index contributed by atoms with van der Waals surface area (Å²) in [5.74, 6) is -1.62. The van der Waals surface area contributed by atoms with Gasteiger partial charge in [0, 0.05) is 22.5 Å². The predicted molar refractivity (Wildman–Crippen MR) is 88.6 cm³/mol. The lowest BCUT2D eigenvalue weighted by atomic mass is 10.2. The number of nitrogens with one attached hydrogen (secondary N) is 1. The average Bonchev–Trinajstić information content (AvgIpc) is 2.89. The van der Waals surface area contributed by atoms with Crippen molar-refractivity contribution >= 4 is 39.8 Å². The number of halogens is 1. The highest BCUT2D eigenvalue weighted by Gasteiger charge is 2.16. The van der Waals surface area contributed by atoms with Gasteiger partial charge in [-0.2, -0.15) is 0 Å². The summed E-state index contributed by atoms with van der Waals surface area (Å²) < 4.78 is 0. The van der Waals surface area contributed by atoms with E-state index >= 15 is 0 Å². The molecule has 0 aliphatic rings. The molecule has 1 amide bonds. The van der Waals surface area contributed by atoms with Crippen LogP contribution in [0.3, 0.4) is 0 Å². The van der Waals surface area contributed by atoms with E-state index < -0.39 is 16.7 Å². The van der Waals surface area contributed by atoms with Crippen molar-refractivity contribution in [2.45, 2.75) is 0 Å². The number of phenols is 1. The molecule has 1 heterocycles. The van der Waals surface area contributed by atoms with E-state index in [9.17, 15) is 25.1 Å². The van der Waals surface area contributed by atoms with Crippen LogP contribution in [0, 0.1) is 10.1 Å². The number of hydrogen-bond donors (Lipinski definition) is 3. The number of aromatic hydroxyl groups is 2. The van der Waals surface area contributed by atoms with Crippen LogP contribution >= 0.6 is 11.6 Å². The molecule has 3 aromatic rings. The number of nitro benzene ring substituents is 1. The van der Waals surface area contributed by atoms with Crippen LogP contribution in [0.25, 0.3) is 10.9 Å². The Morgan fingerprint density at radius 2 is 1.96 bits per heavy atom. The molecular weight excluding hydrogens is 352 g/mol. The van der Waals surface area contributed by atoms with Crippen molar-refractivity contribution < 1.29 is 19.9 Å². The van der Waals surface area contributed by atoms with Gasteiger partial charge in [0.05, 0.1) is 16.0 Å². The summed E-state index contributed by atoms with van der Waals surface area (Å²) in [6.07, 6.45) is 0. The third-order valence-corrected chi connectivity index (χ3v) is 3.61. The van der Waals surface area contributed by atoms with Gasteiger partial charge in [0.2, 0.25) is 5.88 Å². The van der Waals surface area contributed by atoms with E-state index in [4.69, 9.17) is 11.6 Å². The van der Waals surface area contributed by atoms with Crippen molar-refractivity contribution in [3.8, 4) is 11.6 Å². The van der Waals surface area contributed by atoms with Crippen molar-refractivity contribution in [2.75, 3.05) is 0 Å². The Kier molecular flexibility index (Phi) is 4.07. The molecular formula is C15H9ClN4O5. The summed E-state index contributed by atoms with van der Waals surface area (Å²) in [7, 11) is 0. The van der Waals surface area contributed by atoms with Gasteiger partial charge in [-0.15, -0.1) is 10.2 Å². The maximum absolute atomic E-state index is 12.1. The van der Waals surface area contributed by atoms with Gasteiger partial charge in [-0.05, 0) is 24.3 Å². The number of azo groups is 1. The largest absolute Gasteiger partial charge is 0.507 e. The Balaban J connectivity index is 2.02. The van der Waals surface area contributed by atoms with Crippen LogP contribution in [-0.2, 0) is 0 Å². The van der Waals surface area contributed by atoms with Crippen molar-refractivity contribution in [3.05, 3.63) is 57.1 Å². The smallest absolute Gasteiger partial charge is 0.299 e. The first-order valence-electron chi connectivity index (χ1n) is 6.80. The van der Waals surface area contributed by atoms with Crippen LogP contribution in [0.15, 0.2) is 46.6 Å². The lowest BCUT2D eigenvalue weighted by Crippen LogP contribution is -1.94. The van der Waals surface area contributed by atoms with Crippen molar-refractivity contribution in [1.29, 1.82) is 0 Å². The number of aromatic amines is 1. The van der Waals surface area contributed by atoms with Crippen LogP contribution in [0.5, 0.6) is 11.6 Å². The second-order valence-corrected chi connectivity index (χ2v) is 5.41. The monoisotopic (exact) mass is 360 g/mol. The molecule has 2 aromatic carbocycles. The van der Waals surface area contributed by atoms with Crippen LogP contribution in [0.1, 0.15) is 10.4 Å². The molecule has 0 unspecified atom stereocenters. The summed E-state index contributed by atoms with van der Waals surface area (Å²) in [4.78, 5) is 24.9. The summed E-state index contributed by atoms with van der Waals surface area (Å²) in [5, 5.41) is 38.0. The number of amides is 1. The Morgan fingerprint density at radius 1 is 1.20 bits per heavy atom. The molecule has 25 heavy (non-hydrogen) atoms. The molecule has 0 spiro atoms. The number of fused-ring (bicyclic) bond motifs is 1. The summed E-state index contributed by atoms with van der Waals surface area (Å²) in [6.45, 7) is 0. The predicted octanol–water partition coefficient (Wildman–Crippen LogP) is 4.06. The van der Waals surface area contributed by atoms with Gasteiger partial charge < -0.3 is 15.2 Å². The summed E-state index contributed by atoms with van der Waals surface area (Å²) in [6, 6.07) is 7.71. The van der Waals surface area contributed by atoms with Crippen molar-refractivity contribution in [1.82, 2.24) is 4.98 Å². The zero-order valence-corrected chi connectivity index (χ0v) is 13.1. The Hall–Kier alpha value is -3.46. The summed E-state index contributed by atoms with van der Waals surface area (Å²) >= 11 is 5.77. The van der Waals surface area contributed by atoms with Gasteiger partial charge in [-0.1, -0.05) is 11.6 Å². The number of carbonyl (C=O) groups is 1. The number of nitro groups is 1. The maximum atomic E-state index is 12.1. The lowest BCUT2D eigenvalue weighted by molar-refractivity contribution is -0.384. The SMILES string of the molecule is O=C(N=Nc1c(O)[nH]c2ccc([N+](=O)[O-])cc12)c1cc(Cl)ccc1O. The van der Waals surface area contributed by atoms with E-state index in [-0.39, 0.29) is 33.1 Å². The maximum Gasteiger partial charge on any atom is 0.299 e. The fourth-order valence-electron chi connectivity index (χ4n) is 2.20. The van der Waals surface area contributed by atoms with Crippen LogP contribution < -0.4 is 0 Å². The second kappa shape index (κ2) is 6.21. The number of hydrogen-bond acceptors (Lipinski definition) is 6. The van der Waals surface area contributed by atoms with Gasteiger partial charge in [0.1, 0.15) is 5.75 Å². The molecule has 9 nitrogen and oxygen atoms in total. The second-order valence-electron chi connectivity index (χ2n) is 4.98. The minimum absolute atomic E-state index is 0.131. The minimum atomic E-state index is -0.890. The molecule has 0 saturated carbocycles. The molecule has 0 aliphatic carbocycles. The normalized spacial score (nSPS) is 11.2. The summed E-state index contributed by atoms with van der Waals surface area (Å²) in [5.41, 5.74) is -0.119. The minimum Gasteiger partial charge on any atom is -0.507 e. The number of phenolic OH excluding ortho intramolecular Hbond substituents is 1. The third-order valence-electron chi connectivity index (χ3n) is 3.38. The first-order valence-corrected chi connectivity index (χ1v) is 7.18. The topological polar surface area (TPSA) is 141 Å². The molecule has 0 bridgehead atoms. The molecule has 0 aliphatic heterocycles. The number of H-pyrrole nitrogens is 1. The Labute approximate surface area is 144 Å². The van der Waals surface area contributed by atoms with E-state index in [0.717, 1.165) is 0 Å². The zero-order chi connectivity index (χ0) is 18.1. The van der Waals surface area contributed by atoms with Gasteiger partial charge in [0.25, 0.3) is 11.6 Å². The molecule has 3 N–H and O–H groups in total. The number of rotatable bonds is 3. The fraction of sp³-hybridized carbons (Fsp3) is 0. The van der Waals surface area contributed by atoms with E-state index in [0.29, 0.717) is 5.52 Å². The molecule has 3 rings (SSSR count). The number of non-ortho nitro benzene ring substituents is 1. The van der Waals surface area contributed by atoms with Gasteiger partial charge in [-0.3, -0.25) is 14.9 Å². The van der Waals surface area contributed by atoms with E-state index in [1.54, 1.807) is 0 Å². The highest BCUT2D eigenvalue weighted by atomic mass is 35.5. The van der Waals surface area contributed by atoms with E-state index in [2.05, 4.69) is 15.2 Å². The van der Waals surface area contributed by atoms with E-state index in [1.807, 2.05) is 0 Å². The number of carbonyl (C=O) groups excluding carboxylic acids is 1. The van der Waals surface area contributed by atoms with Gasteiger partial charge in [-0.25, -0.2) is 0 Å². The van der Waals surface area contributed by atoms with Crippen LogP contribution in [-0.4, -0.2) is 26.0 Å². The number of benzene rings is 2. The number of nitrogens with zero attached hydrogens (tertiary/aromatic N) is 3. The Morgan fingerprint density at radius 3 is 2.68 bits per heavy atom. The third kappa shape index (κ3) is 3.12. The molecule has 126 valence electrons. The average molecular weight is 361 g/mol. The highest BCUT2D eigenvalue weighted by Crippen LogP contribution is 2.37. The zero-order valence-electron chi connectivity index (χ0n) is 12.3. The quantitative estimate of drug-likeness (QED) is 0.366. The number of aromatic nitrogens is 1. The Bertz CT molecular complexity index is 1040. The molecule has 0 atom stereocenters. The van der Waals surface area contributed by atoms with Gasteiger partial charge in [0.15, 0.2) is 5.69 Å². The molecule has 0 saturated heterocycles. The van der Waals surface area contributed by atoms with Crippen molar-refractivity contribution in [3.63, 3.8) is 0 Å². The highest BCUT2D eigenvalue weighted by molar-refractivity contribution is 6.31. The molecule has 10 heteroatoms. The van der Waals surface area contributed by atoms with Crippen LogP contribution in [0.2, 0.25) is 5.02 Å². The lowest BCUT2D eigenvalue weighted by Gasteiger charge is -1.99. The van der Waals surface area contributed by atoms with Crippen LogP contribution in [0.4, 0.5) is 11.4 Å². The first-order chi connectivity index (χ1) is 11.9. The van der Waals surface area contributed by atoms with Gasteiger partial charge >= 0.3 is 0 Å². The molecule has 1 aromatic heterocycles. The standard InChI is InChI=1S/C15H9ClN4O5/c16-7-1-4-12(21)10(5-7)14(22)19-18-13-9-6-8(20(24)25)2-3-11(9)17-15(13)23/h1-6,17,21,23H. The molecule has 0 radical (unpaired) electrons. The first kappa shape index (κ1) is 16.4. The molecule has 0 fully saturated rings.